The second-order valence-electron chi connectivity index (χ2n) is 18.0. The number of aliphatic hydroxyl groups is 10. The summed E-state index contributed by atoms with van der Waals surface area (Å²) in [5, 5.41) is 101. The van der Waals surface area contributed by atoms with E-state index in [-0.39, 0.29) is 141 Å². The van der Waals surface area contributed by atoms with E-state index in [1.54, 1.807) is 41.5 Å². The molecule has 426 valence electrons. The first-order chi connectivity index (χ1) is 35.6. The van der Waals surface area contributed by atoms with Gasteiger partial charge < -0.3 is 80.5 Å². The smallest absolute Gasteiger partial charge is 0.254 e. The molecule has 22 nitrogen and oxygen atoms in total. The molecule has 0 saturated carbocycles. The normalized spacial score (nSPS) is 11.8. The predicted octanol–water partition coefficient (Wildman–Crippen LogP) is 0.213. The van der Waals surface area contributed by atoms with E-state index in [1.165, 1.54) is 43.2 Å². The number of carbonyl (C=O) groups is 6. The summed E-state index contributed by atoms with van der Waals surface area (Å²) in [4.78, 5) is 91.5. The van der Waals surface area contributed by atoms with Crippen molar-refractivity contribution in [2.75, 3.05) is 128 Å². The summed E-state index contributed by atoms with van der Waals surface area (Å²) >= 11 is 0. The lowest BCUT2D eigenvalue weighted by atomic mass is 9.87. The van der Waals surface area contributed by atoms with E-state index in [4.69, 9.17) is 0 Å². The Morgan fingerprint density at radius 1 is 0.400 bits per heavy atom. The minimum Gasteiger partial charge on any atom is -0.395 e. The monoisotopic (exact) mass is 1060 g/mol. The van der Waals surface area contributed by atoms with Gasteiger partial charge in [0.05, 0.1) is 89.5 Å². The minimum atomic E-state index is -1.17. The predicted molar refractivity (Wildman–Crippen MR) is 284 cm³/mol. The molecule has 0 radical (unpaired) electrons. The molecule has 2 rings (SSSR count). The molecule has 0 aromatic heterocycles. The van der Waals surface area contributed by atoms with E-state index >= 15 is 0 Å². The number of carbonyl (C=O) groups excluding carboxylic acids is 6. The number of hydrogen-bond donors (Lipinski definition) is 10. The lowest BCUT2D eigenvalue weighted by Crippen LogP contribution is -2.41. The molecule has 0 aliphatic rings. The summed E-state index contributed by atoms with van der Waals surface area (Å²) in [6.45, 7) is 11.0. The van der Waals surface area contributed by atoms with Gasteiger partial charge in [-0.05, 0) is 87.3 Å². The maximum atomic E-state index is 14.3. The third kappa shape index (κ3) is 17.7. The van der Waals surface area contributed by atoms with Crippen LogP contribution in [0.5, 0.6) is 0 Å². The van der Waals surface area contributed by atoms with Crippen molar-refractivity contribution >= 4 is 46.8 Å². The number of amides is 6. The van der Waals surface area contributed by atoms with Crippen LogP contribution in [0.2, 0.25) is 0 Å². The molecule has 75 heavy (non-hydrogen) atoms. The largest absolute Gasteiger partial charge is 0.395 e. The first-order valence-electron chi connectivity index (χ1n) is 25.9. The summed E-state index contributed by atoms with van der Waals surface area (Å²) in [6.07, 6.45) is -1.31. The molecular weight excluding hydrogens is 977 g/mol. The van der Waals surface area contributed by atoms with Gasteiger partial charge in [-0.3, -0.25) is 28.8 Å². The molecule has 0 heterocycles. The number of rotatable bonds is 32. The van der Waals surface area contributed by atoms with Crippen LogP contribution < -0.4 is 9.80 Å². The van der Waals surface area contributed by atoms with Crippen LogP contribution in [0.15, 0.2) is 0 Å². The van der Waals surface area contributed by atoms with Crippen molar-refractivity contribution in [3.8, 4) is 0 Å². The van der Waals surface area contributed by atoms with Crippen molar-refractivity contribution in [3.63, 3.8) is 0 Å². The Bertz CT molecular complexity index is 2110. The average Bonchev–Trinajstić information content (AvgIpc) is 3.36. The van der Waals surface area contributed by atoms with E-state index in [0.717, 1.165) is 0 Å². The Balaban J connectivity index is 0.0000139. The molecule has 0 fully saturated rings. The summed E-state index contributed by atoms with van der Waals surface area (Å²) in [6, 6.07) is 0. The highest BCUT2D eigenvalue weighted by Gasteiger charge is 2.35. The molecule has 2 aromatic carbocycles. The van der Waals surface area contributed by atoms with Gasteiger partial charge in [0.1, 0.15) is 0 Å². The Kier molecular flexibility index (Phi) is 31.2. The first-order valence-corrected chi connectivity index (χ1v) is 25.9. The Labute approximate surface area is 442 Å². The summed E-state index contributed by atoms with van der Waals surface area (Å²) in [5.74, 6) is -3.57. The van der Waals surface area contributed by atoms with E-state index < -0.39 is 101 Å². The third-order valence-electron chi connectivity index (χ3n) is 13.0. The van der Waals surface area contributed by atoms with Gasteiger partial charge in [0, 0.05) is 88.5 Å². The van der Waals surface area contributed by atoms with Gasteiger partial charge in [-0.1, -0.05) is 33.6 Å². The van der Waals surface area contributed by atoms with Crippen LogP contribution in [0.3, 0.4) is 0 Å². The van der Waals surface area contributed by atoms with Gasteiger partial charge in [0.2, 0.25) is 11.8 Å². The topological polar surface area (TPSA) is 324 Å². The molecule has 0 spiro atoms. The number of benzene rings is 2. The van der Waals surface area contributed by atoms with E-state index in [9.17, 15) is 79.8 Å². The molecule has 6 amide bonds. The lowest BCUT2D eigenvalue weighted by molar-refractivity contribution is -0.117. The van der Waals surface area contributed by atoms with Gasteiger partial charge in [0.15, 0.2) is 0 Å². The van der Waals surface area contributed by atoms with Gasteiger partial charge in [-0.25, -0.2) is 0 Å². The van der Waals surface area contributed by atoms with Crippen molar-refractivity contribution in [3.05, 3.63) is 55.6 Å². The second kappa shape index (κ2) is 34.5. The van der Waals surface area contributed by atoms with Crippen molar-refractivity contribution in [1.29, 1.82) is 0 Å². The van der Waals surface area contributed by atoms with Crippen molar-refractivity contribution in [2.45, 2.75) is 114 Å². The number of aliphatic hydroxyl groups excluding tert-OH is 10. The lowest BCUT2D eigenvalue weighted by Gasteiger charge is -2.33. The quantitative estimate of drug-likeness (QED) is 0.0438. The van der Waals surface area contributed by atoms with E-state index in [2.05, 4.69) is 0 Å². The van der Waals surface area contributed by atoms with Crippen LogP contribution in [0.4, 0.5) is 11.4 Å². The zero-order valence-corrected chi connectivity index (χ0v) is 46.0. The molecule has 0 bridgehead atoms. The molecule has 0 aliphatic carbocycles. The molecule has 2 atom stereocenters. The first kappa shape index (κ1) is 67.9. The molecular formula is C53H88N6O16. The molecule has 22 heteroatoms. The fourth-order valence-electron chi connectivity index (χ4n) is 9.64. The summed E-state index contributed by atoms with van der Waals surface area (Å²) in [5.41, 5.74) is 2.28. The van der Waals surface area contributed by atoms with E-state index in [0.29, 0.717) is 24.0 Å². The number of unbranched alkanes of at least 4 members (excludes halogenated alkanes) is 1. The summed E-state index contributed by atoms with van der Waals surface area (Å²) < 4.78 is 0. The van der Waals surface area contributed by atoms with Gasteiger partial charge in [0.25, 0.3) is 23.6 Å². The zero-order chi connectivity index (χ0) is 57.3. The Hall–Kier alpha value is -5.14. The summed E-state index contributed by atoms with van der Waals surface area (Å²) in [7, 11) is 0. The average molecular weight is 1070 g/mol. The highest BCUT2D eigenvalue weighted by molar-refractivity contribution is 6.09. The molecule has 2 unspecified atom stereocenters. The molecule has 2 aromatic rings. The fraction of sp³-hybridized carbons (Fsp3) is 0.660. The highest BCUT2D eigenvalue weighted by atomic mass is 16.3. The van der Waals surface area contributed by atoms with Crippen LogP contribution in [-0.4, -0.2) is 237 Å². The minimum absolute atomic E-state index is 0.0291. The number of anilines is 2. The van der Waals surface area contributed by atoms with Crippen LogP contribution >= 0.6 is 0 Å². The van der Waals surface area contributed by atoms with Crippen LogP contribution in [0, 0.1) is 34.6 Å². The van der Waals surface area contributed by atoms with Crippen molar-refractivity contribution in [2.24, 2.45) is 0 Å². The molecule has 0 saturated heterocycles. The Morgan fingerprint density at radius 3 is 0.893 bits per heavy atom. The maximum Gasteiger partial charge on any atom is 0.254 e. The Morgan fingerprint density at radius 2 is 0.640 bits per heavy atom. The molecule has 10 N–H and O–H groups in total. The second-order valence-corrected chi connectivity index (χ2v) is 18.0. The third-order valence-corrected chi connectivity index (χ3v) is 13.0. The zero-order valence-electron chi connectivity index (χ0n) is 46.0. The van der Waals surface area contributed by atoms with Crippen LogP contribution in [0.25, 0.3) is 0 Å². The fourth-order valence-corrected chi connectivity index (χ4v) is 9.64. The van der Waals surface area contributed by atoms with Crippen molar-refractivity contribution in [1.82, 2.24) is 19.6 Å². The van der Waals surface area contributed by atoms with Crippen LogP contribution in [0.1, 0.15) is 135 Å². The van der Waals surface area contributed by atoms with Crippen molar-refractivity contribution < 1.29 is 79.8 Å². The highest BCUT2D eigenvalue weighted by Crippen LogP contribution is 2.38. The standard InChI is InChI=1S/C51H82N6O16.C2H6/c1-9-41-45(51(73)55(20-28-64)21-29-65)33(3)44(50(72)54(18-26-62)19-27-63)36(6)47(41)57(38(8)67)31-40(69)13-11-10-12-39(68)30-56(37(7)66)46-34(4)42(48(70)52(14-22-58)15-23-59)32(2)43(35(46)5)49(71)53(16-24-60)17-25-61;1-2/h39-40,58-65,68-69H,9-31H2,1-8H3;1-2H3. The number of hydrogen-bond acceptors (Lipinski definition) is 16. The molecule has 0 aliphatic heterocycles. The maximum absolute atomic E-state index is 14.3. The van der Waals surface area contributed by atoms with E-state index in [1.807, 2.05) is 13.8 Å². The van der Waals surface area contributed by atoms with Gasteiger partial charge >= 0.3 is 0 Å². The SMILES string of the molecule is CC.CCc1c(C(=O)N(CCO)CCO)c(C)c(C(=O)N(CCO)CCO)c(C)c1N(CC(O)CCCCC(O)CN(C(C)=O)c1c(C)c(C(=O)N(CCO)CCO)c(C)c(C(=O)N(CCO)CCO)c1C)C(C)=O. The van der Waals surface area contributed by atoms with Gasteiger partial charge in [-0.15, -0.1) is 0 Å². The van der Waals surface area contributed by atoms with Crippen LogP contribution in [-0.2, 0) is 16.0 Å². The van der Waals surface area contributed by atoms with Gasteiger partial charge in [-0.2, -0.15) is 0 Å². The number of nitrogens with zero attached hydrogens (tertiary/aromatic N) is 6.